The maximum absolute atomic E-state index is 12.5. The highest BCUT2D eigenvalue weighted by atomic mass is 32.2. The van der Waals surface area contributed by atoms with Gasteiger partial charge in [0.2, 0.25) is 5.91 Å². The van der Waals surface area contributed by atoms with Gasteiger partial charge in [-0.15, -0.1) is 11.8 Å². The van der Waals surface area contributed by atoms with Gasteiger partial charge >= 0.3 is 5.97 Å². The first kappa shape index (κ1) is 19.5. The number of fused-ring (bicyclic) bond motifs is 1. The zero-order valence-corrected chi connectivity index (χ0v) is 16.6. The minimum absolute atomic E-state index is 0.0418. The van der Waals surface area contributed by atoms with Crippen molar-refractivity contribution < 1.29 is 14.3 Å². The molecule has 27 heavy (non-hydrogen) atoms. The minimum atomic E-state index is -0.358. The van der Waals surface area contributed by atoms with E-state index in [0.717, 1.165) is 18.4 Å². The van der Waals surface area contributed by atoms with Crippen LogP contribution < -0.4 is 5.32 Å². The molecule has 0 radical (unpaired) electrons. The molecule has 5 heteroatoms. The topological polar surface area (TPSA) is 55.4 Å². The summed E-state index contributed by atoms with van der Waals surface area (Å²) in [6.45, 7) is 2.42. The van der Waals surface area contributed by atoms with Gasteiger partial charge < -0.3 is 10.1 Å². The first-order valence-electron chi connectivity index (χ1n) is 9.26. The van der Waals surface area contributed by atoms with Crippen LogP contribution in [0.4, 0.5) is 0 Å². The SMILES string of the molecule is COC(=O)c1ccc(CNC(=O)C(C)SC2CCCc3ccccc32)cc1. The molecule has 1 aliphatic rings. The Balaban J connectivity index is 1.53. The molecule has 2 atom stereocenters. The fourth-order valence-corrected chi connectivity index (χ4v) is 4.75. The Morgan fingerprint density at radius 1 is 1.19 bits per heavy atom. The van der Waals surface area contributed by atoms with E-state index < -0.39 is 0 Å². The third-order valence-corrected chi connectivity index (χ3v) is 6.33. The molecule has 2 unspecified atom stereocenters. The summed E-state index contributed by atoms with van der Waals surface area (Å²) in [5, 5.41) is 3.27. The molecule has 0 saturated heterocycles. The average molecular weight is 384 g/mol. The highest BCUT2D eigenvalue weighted by Gasteiger charge is 2.25. The number of rotatable bonds is 6. The lowest BCUT2D eigenvalue weighted by atomic mass is 9.91. The van der Waals surface area contributed by atoms with Gasteiger partial charge in [-0.05, 0) is 55.0 Å². The molecule has 0 spiro atoms. The van der Waals surface area contributed by atoms with Crippen LogP contribution in [0.15, 0.2) is 48.5 Å². The van der Waals surface area contributed by atoms with Crippen LogP contribution in [0.2, 0.25) is 0 Å². The second-order valence-corrected chi connectivity index (χ2v) is 8.31. The van der Waals surface area contributed by atoms with Crippen LogP contribution >= 0.6 is 11.8 Å². The van der Waals surface area contributed by atoms with Crippen molar-refractivity contribution in [2.24, 2.45) is 0 Å². The number of hydrogen-bond acceptors (Lipinski definition) is 4. The fourth-order valence-electron chi connectivity index (χ4n) is 3.37. The largest absolute Gasteiger partial charge is 0.465 e. The standard InChI is InChI=1S/C22H25NO3S/c1-15(27-20-9-5-7-17-6-3-4-8-19(17)20)21(24)23-14-16-10-12-18(13-11-16)22(25)26-2/h3-4,6,8,10-13,15,20H,5,7,9,14H2,1-2H3,(H,23,24). The van der Waals surface area contributed by atoms with Crippen molar-refractivity contribution >= 4 is 23.6 Å². The van der Waals surface area contributed by atoms with Gasteiger partial charge in [-0.1, -0.05) is 36.4 Å². The van der Waals surface area contributed by atoms with Crippen molar-refractivity contribution in [2.45, 2.75) is 43.2 Å². The van der Waals surface area contributed by atoms with Crippen molar-refractivity contribution in [3.05, 3.63) is 70.8 Å². The summed E-state index contributed by atoms with van der Waals surface area (Å²) in [6.07, 6.45) is 3.43. The number of carbonyl (C=O) groups is 2. The van der Waals surface area contributed by atoms with Gasteiger partial charge in [0.15, 0.2) is 0 Å². The monoisotopic (exact) mass is 383 g/mol. The average Bonchev–Trinajstić information content (AvgIpc) is 2.72. The summed E-state index contributed by atoms with van der Waals surface area (Å²) in [7, 11) is 1.36. The summed E-state index contributed by atoms with van der Waals surface area (Å²) in [5.74, 6) is -0.316. The predicted molar refractivity (Wildman–Crippen MR) is 109 cm³/mol. The molecule has 0 aromatic heterocycles. The number of amides is 1. The molecule has 4 nitrogen and oxygen atoms in total. The fraction of sp³-hybridized carbons (Fsp3) is 0.364. The van der Waals surface area contributed by atoms with Gasteiger partial charge in [-0.2, -0.15) is 0 Å². The normalized spacial score (nSPS) is 16.9. The van der Waals surface area contributed by atoms with E-state index in [4.69, 9.17) is 4.74 Å². The van der Waals surface area contributed by atoms with E-state index >= 15 is 0 Å². The van der Waals surface area contributed by atoms with Crippen molar-refractivity contribution in [3.8, 4) is 0 Å². The number of carbonyl (C=O) groups excluding carboxylic acids is 2. The molecule has 0 saturated carbocycles. The van der Waals surface area contributed by atoms with Crippen molar-refractivity contribution in [1.29, 1.82) is 0 Å². The van der Waals surface area contributed by atoms with Gasteiger partial charge in [0.05, 0.1) is 17.9 Å². The first-order valence-corrected chi connectivity index (χ1v) is 10.2. The number of nitrogens with one attached hydrogen (secondary N) is 1. The molecule has 2 aromatic carbocycles. The molecular formula is C22H25NO3S. The highest BCUT2D eigenvalue weighted by molar-refractivity contribution is 8.00. The number of thioether (sulfide) groups is 1. The lowest BCUT2D eigenvalue weighted by Crippen LogP contribution is -2.31. The van der Waals surface area contributed by atoms with Gasteiger partial charge in [0.25, 0.3) is 0 Å². The van der Waals surface area contributed by atoms with Crippen LogP contribution in [0.1, 0.15) is 52.1 Å². The summed E-state index contributed by atoms with van der Waals surface area (Å²) in [6, 6.07) is 15.7. The van der Waals surface area contributed by atoms with Crippen LogP contribution in [0, 0.1) is 0 Å². The summed E-state index contributed by atoms with van der Waals surface area (Å²) >= 11 is 1.74. The lowest BCUT2D eigenvalue weighted by molar-refractivity contribution is -0.120. The first-order chi connectivity index (χ1) is 13.1. The number of benzene rings is 2. The van der Waals surface area contributed by atoms with Gasteiger partial charge in [-0.3, -0.25) is 4.79 Å². The van der Waals surface area contributed by atoms with Crippen molar-refractivity contribution in [3.63, 3.8) is 0 Å². The Kier molecular flexibility index (Phi) is 6.56. The van der Waals surface area contributed by atoms with E-state index in [-0.39, 0.29) is 17.1 Å². The van der Waals surface area contributed by atoms with Crippen molar-refractivity contribution in [2.75, 3.05) is 7.11 Å². The Morgan fingerprint density at radius 2 is 1.93 bits per heavy atom. The molecule has 1 amide bonds. The third-order valence-electron chi connectivity index (χ3n) is 4.89. The second kappa shape index (κ2) is 9.09. The summed E-state index contributed by atoms with van der Waals surface area (Å²) < 4.78 is 4.69. The predicted octanol–water partition coefficient (Wildman–Crippen LogP) is 4.29. The number of aryl methyl sites for hydroxylation is 1. The third kappa shape index (κ3) is 4.92. The lowest BCUT2D eigenvalue weighted by Gasteiger charge is -2.27. The van der Waals surface area contributed by atoms with Crippen LogP contribution in [0.3, 0.4) is 0 Å². The molecule has 3 rings (SSSR count). The number of methoxy groups -OCH3 is 1. The van der Waals surface area contributed by atoms with Gasteiger partial charge in [0.1, 0.15) is 0 Å². The number of hydrogen-bond donors (Lipinski definition) is 1. The molecule has 0 bridgehead atoms. The summed E-state index contributed by atoms with van der Waals surface area (Å²) in [4.78, 5) is 24.0. The Hall–Kier alpha value is -2.27. The summed E-state index contributed by atoms with van der Waals surface area (Å²) in [5.41, 5.74) is 4.26. The quantitative estimate of drug-likeness (QED) is 0.756. The molecule has 0 aliphatic heterocycles. The van der Waals surface area contributed by atoms with Crippen LogP contribution in [-0.2, 0) is 22.5 Å². The van der Waals surface area contributed by atoms with E-state index in [0.29, 0.717) is 17.4 Å². The van der Waals surface area contributed by atoms with Crippen LogP contribution in [0.25, 0.3) is 0 Å². The zero-order chi connectivity index (χ0) is 19.2. The molecular weight excluding hydrogens is 358 g/mol. The highest BCUT2D eigenvalue weighted by Crippen LogP contribution is 2.41. The van der Waals surface area contributed by atoms with E-state index in [1.165, 1.54) is 24.7 Å². The number of ether oxygens (including phenoxy) is 1. The Morgan fingerprint density at radius 3 is 2.67 bits per heavy atom. The Bertz CT molecular complexity index is 803. The minimum Gasteiger partial charge on any atom is -0.465 e. The van der Waals surface area contributed by atoms with Gasteiger partial charge in [0, 0.05) is 11.8 Å². The number of esters is 1. The van der Waals surface area contributed by atoms with Gasteiger partial charge in [-0.25, -0.2) is 4.79 Å². The maximum atomic E-state index is 12.5. The molecule has 1 aliphatic carbocycles. The van der Waals surface area contributed by atoms with E-state index in [1.54, 1.807) is 23.9 Å². The second-order valence-electron chi connectivity index (χ2n) is 6.76. The van der Waals surface area contributed by atoms with Crippen LogP contribution in [-0.4, -0.2) is 24.2 Å². The molecule has 0 fully saturated rings. The van der Waals surface area contributed by atoms with Crippen molar-refractivity contribution in [1.82, 2.24) is 5.32 Å². The van der Waals surface area contributed by atoms with E-state index in [9.17, 15) is 9.59 Å². The maximum Gasteiger partial charge on any atom is 0.337 e. The van der Waals surface area contributed by atoms with E-state index in [1.807, 2.05) is 19.1 Å². The molecule has 142 valence electrons. The molecule has 0 heterocycles. The smallest absolute Gasteiger partial charge is 0.337 e. The van der Waals surface area contributed by atoms with Crippen LogP contribution in [0.5, 0.6) is 0 Å². The zero-order valence-electron chi connectivity index (χ0n) is 15.7. The Labute approximate surface area is 164 Å². The molecule has 2 aromatic rings. The molecule has 1 N–H and O–H groups in total. The van der Waals surface area contributed by atoms with E-state index in [2.05, 4.69) is 29.6 Å².